The molecule has 156 valence electrons. The maximum absolute atomic E-state index is 10.4. The highest BCUT2D eigenvalue weighted by Crippen LogP contribution is 2.33. The van der Waals surface area contributed by atoms with Crippen molar-refractivity contribution in [3.63, 3.8) is 0 Å². The van der Waals surface area contributed by atoms with E-state index in [2.05, 4.69) is 66.8 Å². The van der Waals surface area contributed by atoms with Gasteiger partial charge in [0.05, 0.1) is 18.7 Å². The average molecular weight is 405 g/mol. The Morgan fingerprint density at radius 1 is 1.07 bits per heavy atom. The summed E-state index contributed by atoms with van der Waals surface area (Å²) >= 11 is 0. The van der Waals surface area contributed by atoms with Crippen LogP contribution in [-0.4, -0.2) is 53.8 Å². The summed E-state index contributed by atoms with van der Waals surface area (Å²) in [4.78, 5) is 8.96. The van der Waals surface area contributed by atoms with Gasteiger partial charge in [-0.1, -0.05) is 35.9 Å². The van der Waals surface area contributed by atoms with Gasteiger partial charge in [0.15, 0.2) is 5.82 Å². The third-order valence-electron chi connectivity index (χ3n) is 6.14. The second kappa shape index (κ2) is 8.26. The lowest BCUT2D eigenvalue weighted by Crippen LogP contribution is -2.35. The van der Waals surface area contributed by atoms with Crippen LogP contribution in [0.25, 0.3) is 0 Å². The molecule has 1 N–H and O–H groups in total. The number of aliphatic hydroxyl groups is 1. The van der Waals surface area contributed by atoms with Crippen LogP contribution in [0.2, 0.25) is 0 Å². The predicted octanol–water partition coefficient (Wildman–Crippen LogP) is 2.31. The summed E-state index contributed by atoms with van der Waals surface area (Å²) in [7, 11) is 0. The zero-order chi connectivity index (χ0) is 20.5. The first-order valence-corrected chi connectivity index (χ1v) is 10.7. The van der Waals surface area contributed by atoms with Gasteiger partial charge in [0.1, 0.15) is 5.82 Å². The Hall–Kier alpha value is -2.61. The first-order valence-electron chi connectivity index (χ1n) is 10.7. The summed E-state index contributed by atoms with van der Waals surface area (Å²) < 4.78 is 2.27. The molecule has 0 radical (unpaired) electrons. The molecule has 0 amide bonds. The average Bonchev–Trinajstić information content (AvgIpc) is 3.31. The number of benzene rings is 1. The van der Waals surface area contributed by atoms with Crippen molar-refractivity contribution in [3.8, 4) is 0 Å². The molecule has 0 spiro atoms. The number of aryl methyl sites for hydroxylation is 1. The fourth-order valence-corrected chi connectivity index (χ4v) is 4.73. The zero-order valence-corrected chi connectivity index (χ0v) is 17.4. The van der Waals surface area contributed by atoms with Crippen LogP contribution in [0, 0.1) is 6.92 Å². The van der Waals surface area contributed by atoms with E-state index in [1.54, 1.807) is 6.20 Å². The summed E-state index contributed by atoms with van der Waals surface area (Å²) in [6, 6.07) is 12.8. The molecule has 2 atom stereocenters. The quantitative estimate of drug-likeness (QED) is 0.704. The van der Waals surface area contributed by atoms with E-state index in [0.29, 0.717) is 13.0 Å². The molecule has 1 saturated heterocycles. The van der Waals surface area contributed by atoms with Gasteiger partial charge in [-0.05, 0) is 30.5 Å². The molecular weight excluding hydrogens is 376 g/mol. The van der Waals surface area contributed by atoms with E-state index >= 15 is 0 Å². The molecule has 3 aromatic rings. The summed E-state index contributed by atoms with van der Waals surface area (Å²) in [5, 5.41) is 19.5. The number of pyridine rings is 1. The second-order valence-electron chi connectivity index (χ2n) is 8.52. The van der Waals surface area contributed by atoms with Crippen LogP contribution < -0.4 is 0 Å². The fourth-order valence-electron chi connectivity index (χ4n) is 4.73. The standard InChI is InChI=1S/C23H28N6O/c1-17-4-2-5-18(10-17)13-27-8-9-29-22(16-27)25-26-23(29)21-11-20(30)15-28(21)14-19-6-3-7-24-12-19/h2-7,10,12,20-21,30H,8-9,11,13-16H2,1H3/t20-,21+/m1/s1. The highest BCUT2D eigenvalue weighted by atomic mass is 16.3. The van der Waals surface area contributed by atoms with Gasteiger partial charge in [-0.25, -0.2) is 0 Å². The summed E-state index contributed by atoms with van der Waals surface area (Å²) in [5.74, 6) is 2.01. The number of hydrogen-bond acceptors (Lipinski definition) is 6. The lowest BCUT2D eigenvalue weighted by atomic mass is 10.1. The van der Waals surface area contributed by atoms with Crippen LogP contribution in [0.3, 0.4) is 0 Å². The van der Waals surface area contributed by atoms with Gasteiger partial charge in [0.25, 0.3) is 0 Å². The van der Waals surface area contributed by atoms with E-state index in [4.69, 9.17) is 0 Å². The Kier molecular flexibility index (Phi) is 5.33. The number of nitrogens with zero attached hydrogens (tertiary/aromatic N) is 6. The van der Waals surface area contributed by atoms with Crippen molar-refractivity contribution in [3.05, 3.63) is 77.1 Å². The number of β-amino-alcohol motifs (C(OH)–C–C–N with tert-alkyl or cyclic N) is 1. The van der Waals surface area contributed by atoms with Gasteiger partial charge in [-0.2, -0.15) is 0 Å². The number of aliphatic hydroxyl groups excluding tert-OH is 1. The smallest absolute Gasteiger partial charge is 0.150 e. The van der Waals surface area contributed by atoms with Crippen molar-refractivity contribution in [2.24, 2.45) is 0 Å². The molecule has 2 aliphatic rings. The number of hydrogen-bond donors (Lipinski definition) is 1. The van der Waals surface area contributed by atoms with Gasteiger partial charge in [0.2, 0.25) is 0 Å². The molecule has 5 rings (SSSR count). The SMILES string of the molecule is Cc1cccc(CN2CCn3c(nnc3[C@@H]3C[C@@H](O)CN3Cc3cccnc3)C2)c1. The molecule has 0 bridgehead atoms. The normalized spacial score (nSPS) is 22.3. The highest BCUT2D eigenvalue weighted by molar-refractivity contribution is 5.22. The Morgan fingerprint density at radius 2 is 1.97 bits per heavy atom. The van der Waals surface area contributed by atoms with Gasteiger partial charge >= 0.3 is 0 Å². The summed E-state index contributed by atoms with van der Waals surface area (Å²) in [5.41, 5.74) is 3.78. The van der Waals surface area contributed by atoms with Crippen LogP contribution in [0.5, 0.6) is 0 Å². The van der Waals surface area contributed by atoms with Gasteiger partial charge in [0, 0.05) is 45.1 Å². The van der Waals surface area contributed by atoms with Crippen molar-refractivity contribution in [1.82, 2.24) is 29.5 Å². The molecule has 1 aromatic carbocycles. The topological polar surface area (TPSA) is 70.3 Å². The molecule has 0 unspecified atom stereocenters. The van der Waals surface area contributed by atoms with Crippen LogP contribution in [-0.2, 0) is 26.2 Å². The Bertz CT molecular complexity index is 1000. The summed E-state index contributed by atoms with van der Waals surface area (Å²) in [6.45, 7) is 7.15. The third-order valence-corrected chi connectivity index (χ3v) is 6.14. The minimum Gasteiger partial charge on any atom is -0.392 e. The van der Waals surface area contributed by atoms with Crippen LogP contribution in [0.1, 0.15) is 40.8 Å². The molecule has 2 aromatic heterocycles. The van der Waals surface area contributed by atoms with Crippen molar-refractivity contribution in [2.75, 3.05) is 13.1 Å². The molecule has 7 heteroatoms. The van der Waals surface area contributed by atoms with Crippen molar-refractivity contribution < 1.29 is 5.11 Å². The number of fused-ring (bicyclic) bond motifs is 1. The molecule has 1 fully saturated rings. The van der Waals surface area contributed by atoms with E-state index in [-0.39, 0.29) is 12.1 Å². The van der Waals surface area contributed by atoms with E-state index in [1.165, 1.54) is 11.1 Å². The fraction of sp³-hybridized carbons (Fsp3) is 0.435. The first-order chi connectivity index (χ1) is 14.7. The lowest BCUT2D eigenvalue weighted by molar-refractivity contribution is 0.171. The molecule has 30 heavy (non-hydrogen) atoms. The third kappa shape index (κ3) is 4.01. The van der Waals surface area contributed by atoms with E-state index in [9.17, 15) is 5.11 Å². The largest absolute Gasteiger partial charge is 0.392 e. The maximum atomic E-state index is 10.4. The van der Waals surface area contributed by atoms with E-state index in [1.807, 2.05) is 12.3 Å². The molecule has 0 aliphatic carbocycles. The van der Waals surface area contributed by atoms with Crippen molar-refractivity contribution in [1.29, 1.82) is 0 Å². The van der Waals surface area contributed by atoms with Gasteiger partial charge in [-0.3, -0.25) is 14.8 Å². The van der Waals surface area contributed by atoms with Crippen LogP contribution >= 0.6 is 0 Å². The van der Waals surface area contributed by atoms with Crippen LogP contribution in [0.15, 0.2) is 48.8 Å². The monoisotopic (exact) mass is 404 g/mol. The first kappa shape index (κ1) is 19.4. The number of rotatable bonds is 5. The molecular formula is C23H28N6O. The molecule has 7 nitrogen and oxygen atoms in total. The van der Waals surface area contributed by atoms with Crippen LogP contribution in [0.4, 0.5) is 0 Å². The minimum absolute atomic E-state index is 0.0878. The van der Waals surface area contributed by atoms with Crippen molar-refractivity contribution in [2.45, 2.75) is 51.7 Å². The lowest BCUT2D eigenvalue weighted by Gasteiger charge is -2.30. The number of aromatic nitrogens is 4. The van der Waals surface area contributed by atoms with Crippen molar-refractivity contribution >= 4 is 0 Å². The maximum Gasteiger partial charge on any atom is 0.150 e. The molecule has 0 saturated carbocycles. The Morgan fingerprint density at radius 3 is 2.80 bits per heavy atom. The van der Waals surface area contributed by atoms with E-state index in [0.717, 1.165) is 49.9 Å². The molecule has 2 aliphatic heterocycles. The Balaban J connectivity index is 1.32. The van der Waals surface area contributed by atoms with Gasteiger partial charge in [-0.15, -0.1) is 10.2 Å². The predicted molar refractivity (Wildman–Crippen MR) is 113 cm³/mol. The minimum atomic E-state index is -0.332. The molecule has 4 heterocycles. The van der Waals surface area contributed by atoms with E-state index < -0.39 is 0 Å². The Labute approximate surface area is 177 Å². The number of likely N-dealkylation sites (tertiary alicyclic amines) is 1. The zero-order valence-electron chi connectivity index (χ0n) is 17.4. The highest BCUT2D eigenvalue weighted by Gasteiger charge is 2.36. The second-order valence-corrected chi connectivity index (χ2v) is 8.52. The van der Waals surface area contributed by atoms with Gasteiger partial charge < -0.3 is 9.67 Å². The summed E-state index contributed by atoms with van der Waals surface area (Å²) in [6.07, 6.45) is 4.05.